The van der Waals surface area contributed by atoms with Crippen LogP contribution in [0.2, 0.25) is 0 Å². The van der Waals surface area contributed by atoms with Crippen LogP contribution in [0.15, 0.2) is 60.8 Å². The molecule has 0 heterocycles. The summed E-state index contributed by atoms with van der Waals surface area (Å²) in [5.74, 6) is -0.557. The predicted molar refractivity (Wildman–Crippen MR) is 201 cm³/mol. The molecule has 0 aromatic heterocycles. The number of unbranched alkanes of at least 4 members (excludes halogenated alkanes) is 11. The zero-order valence-electron chi connectivity index (χ0n) is 30.6. The first kappa shape index (κ1) is 46.7. The number of aliphatic hydroxyl groups excluding tert-OH is 1. The lowest BCUT2D eigenvalue weighted by molar-refractivity contribution is -0.147. The number of nitrogens with one attached hydrogen (secondary N) is 1. The first-order chi connectivity index (χ1) is 23.8. The summed E-state index contributed by atoms with van der Waals surface area (Å²) in [6, 6.07) is 0. The molecule has 0 aliphatic carbocycles. The number of hydrogen-bond donors (Lipinski definition) is 3. The van der Waals surface area contributed by atoms with E-state index in [4.69, 9.17) is 13.8 Å². The summed E-state index contributed by atoms with van der Waals surface area (Å²) in [4.78, 5) is 33.7. The molecule has 282 valence electrons. The zero-order chi connectivity index (χ0) is 36.1. The predicted octanol–water partition coefficient (Wildman–Crippen LogP) is 9.76. The third-order valence-electron chi connectivity index (χ3n) is 7.46. The van der Waals surface area contributed by atoms with E-state index >= 15 is 0 Å². The van der Waals surface area contributed by atoms with Crippen LogP contribution >= 0.6 is 7.82 Å². The molecule has 0 saturated heterocycles. The van der Waals surface area contributed by atoms with Crippen molar-refractivity contribution in [1.29, 1.82) is 0 Å². The Labute approximate surface area is 298 Å². The number of aliphatic hydroxyl groups is 1. The van der Waals surface area contributed by atoms with Crippen LogP contribution in [0.25, 0.3) is 0 Å². The summed E-state index contributed by atoms with van der Waals surface area (Å²) in [6.45, 7) is 3.34. The van der Waals surface area contributed by atoms with E-state index in [0.29, 0.717) is 6.42 Å². The quantitative estimate of drug-likeness (QED) is 0.0261. The van der Waals surface area contributed by atoms with E-state index in [0.717, 1.165) is 77.0 Å². The van der Waals surface area contributed by atoms with Crippen molar-refractivity contribution in [1.82, 2.24) is 5.32 Å². The monoisotopic (exact) mass is 709 g/mol. The molecule has 0 spiro atoms. The molecule has 1 amide bonds. The fourth-order valence-corrected chi connectivity index (χ4v) is 5.40. The number of allylic oxidation sites excluding steroid dienone is 10. The normalized spacial score (nSPS) is 14.1. The molecule has 9 nitrogen and oxygen atoms in total. The molecular formula is C39H68NO8P. The lowest BCUT2D eigenvalue weighted by atomic mass is 10.1. The van der Waals surface area contributed by atoms with Crippen LogP contribution in [0, 0.1) is 0 Å². The smallest absolute Gasteiger partial charge is 0.463 e. The maximum atomic E-state index is 12.0. The highest BCUT2D eigenvalue weighted by Crippen LogP contribution is 2.42. The van der Waals surface area contributed by atoms with Crippen LogP contribution in [-0.2, 0) is 27.9 Å². The van der Waals surface area contributed by atoms with Crippen molar-refractivity contribution >= 4 is 19.7 Å². The minimum Gasteiger partial charge on any atom is -0.463 e. The van der Waals surface area contributed by atoms with Gasteiger partial charge in [-0.2, -0.15) is 0 Å². The third-order valence-corrected chi connectivity index (χ3v) is 8.45. The summed E-state index contributed by atoms with van der Waals surface area (Å²) >= 11 is 0. The van der Waals surface area contributed by atoms with Crippen LogP contribution in [0.5, 0.6) is 0 Å². The summed E-state index contributed by atoms with van der Waals surface area (Å²) < 4.78 is 26.7. The Balaban J connectivity index is 3.70. The van der Waals surface area contributed by atoms with E-state index in [1.807, 2.05) is 0 Å². The fourth-order valence-electron chi connectivity index (χ4n) is 4.64. The van der Waals surface area contributed by atoms with Gasteiger partial charge in [-0.25, -0.2) is 4.57 Å². The van der Waals surface area contributed by atoms with Gasteiger partial charge in [0.25, 0.3) is 0 Å². The number of hydrogen-bond acceptors (Lipinski definition) is 7. The SMILES string of the molecule is CC/C=C\C/C=C\C/C=C\C/C=C\C/C=C\CCCCCC(=O)NCCOP(=O)(O)OCC(O)COC(=O)CCCCCCCCCCC. The summed E-state index contributed by atoms with van der Waals surface area (Å²) in [5, 5.41) is 12.6. The van der Waals surface area contributed by atoms with E-state index in [1.165, 1.54) is 38.5 Å². The third kappa shape index (κ3) is 36.8. The molecular weight excluding hydrogens is 641 g/mol. The number of ether oxygens (including phenoxy) is 1. The lowest BCUT2D eigenvalue weighted by Gasteiger charge is -2.15. The molecule has 0 rings (SSSR count). The van der Waals surface area contributed by atoms with Gasteiger partial charge in [0.2, 0.25) is 5.91 Å². The zero-order valence-corrected chi connectivity index (χ0v) is 31.5. The van der Waals surface area contributed by atoms with Crippen molar-refractivity contribution < 1.29 is 37.9 Å². The van der Waals surface area contributed by atoms with Crippen LogP contribution in [-0.4, -0.2) is 54.3 Å². The molecule has 0 radical (unpaired) electrons. The first-order valence-corrected chi connectivity index (χ1v) is 20.3. The van der Waals surface area contributed by atoms with Crippen molar-refractivity contribution in [3.63, 3.8) is 0 Å². The molecule has 0 saturated carbocycles. The van der Waals surface area contributed by atoms with Gasteiger partial charge in [-0.1, -0.05) is 132 Å². The van der Waals surface area contributed by atoms with Crippen LogP contribution in [0.3, 0.4) is 0 Å². The molecule has 0 bridgehead atoms. The number of esters is 1. The lowest BCUT2D eigenvalue weighted by Crippen LogP contribution is -2.27. The Morgan fingerprint density at radius 3 is 1.76 bits per heavy atom. The number of phosphoric acid groups is 1. The summed E-state index contributed by atoms with van der Waals surface area (Å²) in [6.07, 6.45) is 40.2. The van der Waals surface area contributed by atoms with Crippen molar-refractivity contribution in [2.45, 2.75) is 148 Å². The number of carbonyl (C=O) groups is 2. The fraction of sp³-hybridized carbons (Fsp3) is 0.692. The largest absolute Gasteiger partial charge is 0.472 e. The van der Waals surface area contributed by atoms with Gasteiger partial charge in [0, 0.05) is 19.4 Å². The van der Waals surface area contributed by atoms with Crippen LogP contribution in [0.4, 0.5) is 0 Å². The Kier molecular flexibility index (Phi) is 33.9. The van der Waals surface area contributed by atoms with E-state index < -0.39 is 26.5 Å². The topological polar surface area (TPSA) is 131 Å². The Hall–Kier alpha value is -2.29. The summed E-state index contributed by atoms with van der Waals surface area (Å²) in [7, 11) is -4.42. The molecule has 2 atom stereocenters. The van der Waals surface area contributed by atoms with Crippen molar-refractivity contribution in [2.24, 2.45) is 0 Å². The second-order valence-corrected chi connectivity index (χ2v) is 13.6. The van der Waals surface area contributed by atoms with Gasteiger partial charge in [-0.05, 0) is 57.8 Å². The average Bonchev–Trinajstić information content (AvgIpc) is 3.08. The molecule has 10 heteroatoms. The van der Waals surface area contributed by atoms with Gasteiger partial charge in [0.1, 0.15) is 12.7 Å². The van der Waals surface area contributed by atoms with Crippen LogP contribution < -0.4 is 5.32 Å². The Morgan fingerprint density at radius 1 is 0.653 bits per heavy atom. The van der Waals surface area contributed by atoms with Crippen molar-refractivity contribution in [3.8, 4) is 0 Å². The Bertz CT molecular complexity index is 992. The van der Waals surface area contributed by atoms with Gasteiger partial charge < -0.3 is 20.1 Å². The van der Waals surface area contributed by atoms with Gasteiger partial charge >= 0.3 is 13.8 Å². The van der Waals surface area contributed by atoms with E-state index in [-0.39, 0.29) is 32.1 Å². The van der Waals surface area contributed by atoms with Crippen molar-refractivity contribution in [3.05, 3.63) is 60.8 Å². The van der Waals surface area contributed by atoms with Gasteiger partial charge in [0.05, 0.1) is 13.2 Å². The second-order valence-electron chi connectivity index (χ2n) is 12.2. The highest BCUT2D eigenvalue weighted by atomic mass is 31.2. The molecule has 3 N–H and O–H groups in total. The highest BCUT2D eigenvalue weighted by molar-refractivity contribution is 7.47. The number of carbonyl (C=O) groups excluding carboxylic acids is 2. The Morgan fingerprint density at radius 2 is 1.16 bits per heavy atom. The molecule has 0 aromatic rings. The number of amides is 1. The van der Waals surface area contributed by atoms with Gasteiger partial charge in [-0.15, -0.1) is 0 Å². The molecule has 0 aliphatic rings. The van der Waals surface area contributed by atoms with E-state index in [2.05, 4.69) is 79.9 Å². The maximum Gasteiger partial charge on any atom is 0.472 e. The highest BCUT2D eigenvalue weighted by Gasteiger charge is 2.23. The maximum absolute atomic E-state index is 12.0. The van der Waals surface area contributed by atoms with Gasteiger partial charge in [-0.3, -0.25) is 18.6 Å². The standard InChI is InChI=1S/C39H68NO8P/c1-3-5-7-9-11-13-14-15-16-17-18-19-20-21-22-24-25-27-29-31-38(42)40-33-34-47-49(44,45)48-36-37(41)35-46-39(43)32-30-28-26-23-12-10-8-6-4-2/h5,7,11,13,15-16,18-19,21-22,37,41H,3-4,6,8-10,12,14,17,20,23-36H2,1-2H3,(H,40,42)(H,44,45)/b7-5-,13-11-,16-15-,19-18-,22-21-. The molecule has 0 fully saturated rings. The first-order valence-electron chi connectivity index (χ1n) is 18.8. The molecule has 2 unspecified atom stereocenters. The van der Waals surface area contributed by atoms with E-state index in [1.54, 1.807) is 0 Å². The molecule has 0 aliphatic heterocycles. The van der Waals surface area contributed by atoms with Crippen molar-refractivity contribution in [2.75, 3.05) is 26.4 Å². The van der Waals surface area contributed by atoms with E-state index in [9.17, 15) is 24.2 Å². The molecule has 0 aromatic carbocycles. The number of rotatable bonds is 34. The summed E-state index contributed by atoms with van der Waals surface area (Å²) in [5.41, 5.74) is 0. The minimum absolute atomic E-state index is 0.0613. The van der Waals surface area contributed by atoms with Gasteiger partial charge in [0.15, 0.2) is 0 Å². The second kappa shape index (κ2) is 35.5. The molecule has 49 heavy (non-hydrogen) atoms. The van der Waals surface area contributed by atoms with Crippen LogP contribution in [0.1, 0.15) is 142 Å². The average molecular weight is 710 g/mol. The minimum atomic E-state index is -4.42. The number of phosphoric ester groups is 1.